The van der Waals surface area contributed by atoms with Gasteiger partial charge in [0.1, 0.15) is 6.10 Å². The fourth-order valence-corrected chi connectivity index (χ4v) is 1.61. The molecule has 0 aliphatic carbocycles. The summed E-state index contributed by atoms with van der Waals surface area (Å²) in [7, 11) is 0. The molecular weight excluding hydrogens is 272 g/mol. The first-order valence-electron chi connectivity index (χ1n) is 4.88. The monoisotopic (exact) mass is 284 g/mol. The second kappa shape index (κ2) is 6.33. The number of carbonyl (C=O) groups is 1. The first kappa shape index (κ1) is 12.8. The van der Waals surface area contributed by atoms with Crippen LogP contribution in [0.25, 0.3) is 0 Å². The van der Waals surface area contributed by atoms with Gasteiger partial charge >= 0.3 is 6.16 Å². The summed E-state index contributed by atoms with van der Waals surface area (Å²) in [4.78, 5) is 11.2. The van der Waals surface area contributed by atoms with E-state index in [4.69, 9.17) is 9.47 Å². The summed E-state index contributed by atoms with van der Waals surface area (Å²) >= 11 is 3.35. The number of hydrogen-bond acceptors (Lipinski definition) is 3. The van der Waals surface area contributed by atoms with E-state index in [9.17, 15) is 4.79 Å². The molecule has 0 unspecified atom stereocenters. The zero-order valence-electron chi connectivity index (χ0n) is 8.98. The van der Waals surface area contributed by atoms with Crippen LogP contribution in [0, 0.1) is 0 Å². The summed E-state index contributed by atoms with van der Waals surface area (Å²) in [6.07, 6.45) is 0.377. The van der Waals surface area contributed by atoms with Crippen LogP contribution in [0.5, 0.6) is 0 Å². The molecule has 1 aromatic rings. The molecule has 1 atom stereocenters. The Hall–Kier alpha value is -1.29. The van der Waals surface area contributed by atoms with Gasteiger partial charge in [0, 0.05) is 4.47 Å². The number of carbonyl (C=O) groups excluding carboxylic acids is 1. The lowest BCUT2D eigenvalue weighted by molar-refractivity contribution is 0.0402. The Labute approximate surface area is 103 Å². The lowest BCUT2D eigenvalue weighted by atomic mass is 10.1. The molecule has 3 nitrogen and oxygen atoms in total. The van der Waals surface area contributed by atoms with Crippen molar-refractivity contribution < 1.29 is 14.3 Å². The highest BCUT2D eigenvalue weighted by atomic mass is 79.9. The molecule has 0 aliphatic heterocycles. The molecule has 0 amide bonds. The minimum atomic E-state index is -0.688. The summed E-state index contributed by atoms with van der Waals surface area (Å²) in [5, 5.41) is 0. The Balaban J connectivity index is 2.74. The molecule has 0 N–H and O–H groups in total. The number of benzene rings is 1. The van der Waals surface area contributed by atoms with Gasteiger partial charge in [0.15, 0.2) is 0 Å². The van der Waals surface area contributed by atoms with Crippen LogP contribution in [0.15, 0.2) is 41.4 Å². The van der Waals surface area contributed by atoms with E-state index in [1.54, 1.807) is 13.0 Å². The third-order valence-electron chi connectivity index (χ3n) is 1.88. The highest BCUT2D eigenvalue weighted by molar-refractivity contribution is 9.10. The Bertz CT molecular complexity index is 376. The maximum atomic E-state index is 11.2. The maximum Gasteiger partial charge on any atom is 0.509 e. The summed E-state index contributed by atoms with van der Waals surface area (Å²) in [5.41, 5.74) is 0.845. The fourth-order valence-electron chi connectivity index (χ4n) is 1.19. The van der Waals surface area contributed by atoms with Crippen LogP contribution < -0.4 is 0 Å². The molecule has 0 heterocycles. The van der Waals surface area contributed by atoms with Crippen molar-refractivity contribution in [3.05, 3.63) is 47.0 Å². The zero-order chi connectivity index (χ0) is 12.0. The summed E-state index contributed by atoms with van der Waals surface area (Å²) in [5.74, 6) is 0. The van der Waals surface area contributed by atoms with Crippen molar-refractivity contribution in [2.24, 2.45) is 0 Å². The van der Waals surface area contributed by atoms with E-state index in [2.05, 4.69) is 22.5 Å². The second-order valence-electron chi connectivity index (χ2n) is 3.01. The molecule has 0 bridgehead atoms. The van der Waals surface area contributed by atoms with E-state index in [1.807, 2.05) is 24.3 Å². The number of halogens is 1. The van der Waals surface area contributed by atoms with E-state index in [0.717, 1.165) is 10.0 Å². The Kier molecular flexibility index (Phi) is 5.05. The smallest absolute Gasteiger partial charge is 0.435 e. The summed E-state index contributed by atoms with van der Waals surface area (Å²) in [6, 6.07) is 7.49. The van der Waals surface area contributed by atoms with Gasteiger partial charge in [-0.15, -0.1) is 0 Å². The van der Waals surface area contributed by atoms with E-state index in [0.29, 0.717) is 6.61 Å². The average Bonchev–Trinajstić information content (AvgIpc) is 2.26. The molecule has 0 aromatic heterocycles. The van der Waals surface area contributed by atoms with E-state index in [-0.39, 0.29) is 0 Å². The second-order valence-corrected chi connectivity index (χ2v) is 3.93. The Morgan fingerprint density at radius 3 is 2.94 bits per heavy atom. The topological polar surface area (TPSA) is 35.5 Å². The largest absolute Gasteiger partial charge is 0.509 e. The first-order chi connectivity index (χ1) is 7.67. The predicted octanol–water partition coefficient (Wildman–Crippen LogP) is 3.85. The van der Waals surface area contributed by atoms with Gasteiger partial charge in [-0.25, -0.2) is 4.79 Å². The van der Waals surface area contributed by atoms with Crippen LogP contribution in [0.4, 0.5) is 4.79 Å². The molecule has 0 aliphatic rings. The summed E-state index contributed by atoms with van der Waals surface area (Å²) < 4.78 is 10.7. The third-order valence-corrected chi connectivity index (χ3v) is 2.37. The van der Waals surface area contributed by atoms with Crippen molar-refractivity contribution in [1.82, 2.24) is 0 Å². The third kappa shape index (κ3) is 3.70. The SMILES string of the molecule is C=C[C@H](OC(=O)OCC)c1cccc(Br)c1. The zero-order valence-corrected chi connectivity index (χ0v) is 10.6. The van der Waals surface area contributed by atoms with E-state index < -0.39 is 12.3 Å². The molecule has 16 heavy (non-hydrogen) atoms. The van der Waals surface area contributed by atoms with E-state index in [1.165, 1.54) is 0 Å². The maximum absolute atomic E-state index is 11.2. The molecule has 1 aromatic carbocycles. The van der Waals surface area contributed by atoms with Gasteiger partial charge in [-0.1, -0.05) is 34.6 Å². The van der Waals surface area contributed by atoms with E-state index >= 15 is 0 Å². The minimum Gasteiger partial charge on any atom is -0.435 e. The van der Waals surface area contributed by atoms with Crippen LogP contribution >= 0.6 is 15.9 Å². The molecule has 0 saturated heterocycles. The quantitative estimate of drug-likeness (QED) is 0.622. The molecular formula is C12H13BrO3. The highest BCUT2D eigenvalue weighted by Crippen LogP contribution is 2.22. The van der Waals surface area contributed by atoms with Gasteiger partial charge in [-0.3, -0.25) is 0 Å². The minimum absolute atomic E-state index is 0.293. The number of ether oxygens (including phenoxy) is 2. The molecule has 1 rings (SSSR count). The van der Waals surface area contributed by atoms with Crippen molar-refractivity contribution in [2.75, 3.05) is 6.61 Å². The molecule has 86 valence electrons. The van der Waals surface area contributed by atoms with Crippen LogP contribution in [0.3, 0.4) is 0 Å². The van der Waals surface area contributed by atoms with Crippen LogP contribution in [0.1, 0.15) is 18.6 Å². The normalized spacial score (nSPS) is 11.6. The standard InChI is InChI=1S/C12H13BrO3/c1-3-11(16-12(14)15-4-2)9-6-5-7-10(13)8-9/h3,5-8,11H,1,4H2,2H3/t11-/m0/s1. The van der Waals surface area contributed by atoms with Crippen molar-refractivity contribution in [3.8, 4) is 0 Å². The molecule has 0 spiro atoms. The van der Waals surface area contributed by atoms with Crippen molar-refractivity contribution in [1.29, 1.82) is 0 Å². The average molecular weight is 285 g/mol. The number of hydrogen-bond donors (Lipinski definition) is 0. The van der Waals surface area contributed by atoms with Crippen molar-refractivity contribution in [3.63, 3.8) is 0 Å². The fraction of sp³-hybridized carbons (Fsp3) is 0.250. The Morgan fingerprint density at radius 1 is 1.62 bits per heavy atom. The van der Waals surface area contributed by atoms with Crippen molar-refractivity contribution in [2.45, 2.75) is 13.0 Å². The Morgan fingerprint density at radius 2 is 2.38 bits per heavy atom. The van der Waals surface area contributed by atoms with Gasteiger partial charge in [-0.05, 0) is 30.7 Å². The van der Waals surface area contributed by atoms with Crippen LogP contribution in [-0.4, -0.2) is 12.8 Å². The predicted molar refractivity (Wildman–Crippen MR) is 65.2 cm³/mol. The van der Waals surface area contributed by atoms with Crippen LogP contribution in [0.2, 0.25) is 0 Å². The van der Waals surface area contributed by atoms with Gasteiger partial charge in [0.25, 0.3) is 0 Å². The molecule has 0 fully saturated rings. The lowest BCUT2D eigenvalue weighted by Gasteiger charge is -2.14. The molecule has 0 radical (unpaired) electrons. The molecule has 4 heteroatoms. The van der Waals surface area contributed by atoms with Crippen molar-refractivity contribution >= 4 is 22.1 Å². The van der Waals surface area contributed by atoms with Gasteiger partial charge in [0.2, 0.25) is 0 Å². The highest BCUT2D eigenvalue weighted by Gasteiger charge is 2.13. The van der Waals surface area contributed by atoms with Gasteiger partial charge < -0.3 is 9.47 Å². The van der Waals surface area contributed by atoms with Gasteiger partial charge in [-0.2, -0.15) is 0 Å². The lowest BCUT2D eigenvalue weighted by Crippen LogP contribution is -2.11. The summed E-state index contributed by atoms with van der Waals surface area (Å²) in [6.45, 7) is 5.65. The first-order valence-corrected chi connectivity index (χ1v) is 5.68. The van der Waals surface area contributed by atoms with Gasteiger partial charge in [0.05, 0.1) is 6.61 Å². The molecule has 0 saturated carbocycles. The number of rotatable bonds is 4. The van der Waals surface area contributed by atoms with Crippen LogP contribution in [-0.2, 0) is 9.47 Å².